The number of carboxylic acid groups (broad SMARTS) is 1. The molecule has 0 aromatic heterocycles. The molecule has 0 spiro atoms. The van der Waals surface area contributed by atoms with E-state index in [2.05, 4.69) is 5.32 Å². The van der Waals surface area contributed by atoms with Crippen LogP contribution in [0.3, 0.4) is 0 Å². The molecule has 2 heterocycles. The average Bonchev–Trinajstić information content (AvgIpc) is 2.97. The summed E-state index contributed by atoms with van der Waals surface area (Å²) in [4.78, 5) is 25.4. The maximum absolute atomic E-state index is 12.3. The lowest BCUT2D eigenvalue weighted by atomic mass is 9.92. The number of amides is 1. The molecule has 0 bridgehead atoms. The van der Waals surface area contributed by atoms with Gasteiger partial charge in [-0.15, -0.1) is 0 Å². The summed E-state index contributed by atoms with van der Waals surface area (Å²) in [5.41, 5.74) is -0.957. The van der Waals surface area contributed by atoms with Crippen molar-refractivity contribution in [3.8, 4) is 0 Å². The molecule has 2 aliphatic rings. The van der Waals surface area contributed by atoms with Crippen LogP contribution in [0.5, 0.6) is 0 Å². The summed E-state index contributed by atoms with van der Waals surface area (Å²) >= 11 is 0. The second kappa shape index (κ2) is 4.64. The normalized spacial score (nSPS) is 33.0. The first-order valence-corrected chi connectivity index (χ1v) is 6.40. The number of nitrogens with zero attached hydrogens (tertiary/aromatic N) is 1. The van der Waals surface area contributed by atoms with Crippen LogP contribution in [0.2, 0.25) is 0 Å². The molecule has 2 fully saturated rings. The third-order valence-electron chi connectivity index (χ3n) is 4.10. The zero-order valence-corrected chi connectivity index (χ0v) is 10.2. The van der Waals surface area contributed by atoms with Crippen LogP contribution in [-0.4, -0.2) is 46.6 Å². The van der Waals surface area contributed by atoms with Crippen molar-refractivity contribution in [2.45, 2.75) is 50.6 Å². The number of carbonyl (C=O) groups is 2. The van der Waals surface area contributed by atoms with Gasteiger partial charge in [0, 0.05) is 6.54 Å². The lowest BCUT2D eigenvalue weighted by molar-refractivity contribution is -0.157. The van der Waals surface area contributed by atoms with Gasteiger partial charge in [-0.1, -0.05) is 6.92 Å². The molecule has 96 valence electrons. The molecule has 0 aromatic carbocycles. The lowest BCUT2D eigenvalue weighted by Crippen LogP contribution is -2.56. The summed E-state index contributed by atoms with van der Waals surface area (Å²) in [6.45, 7) is 3.29. The summed E-state index contributed by atoms with van der Waals surface area (Å²) in [7, 11) is 0. The van der Waals surface area contributed by atoms with E-state index in [0.29, 0.717) is 19.4 Å². The summed E-state index contributed by atoms with van der Waals surface area (Å²) < 4.78 is 0. The van der Waals surface area contributed by atoms with Crippen molar-refractivity contribution in [2.24, 2.45) is 0 Å². The lowest BCUT2D eigenvalue weighted by Gasteiger charge is -2.35. The van der Waals surface area contributed by atoms with Crippen LogP contribution < -0.4 is 5.32 Å². The predicted octanol–water partition coefficient (Wildman–Crippen LogP) is 0.594. The smallest absolute Gasteiger partial charge is 0.329 e. The van der Waals surface area contributed by atoms with Gasteiger partial charge in [-0.05, 0) is 38.6 Å². The van der Waals surface area contributed by atoms with Crippen LogP contribution in [0, 0.1) is 0 Å². The zero-order valence-electron chi connectivity index (χ0n) is 10.2. The highest BCUT2D eigenvalue weighted by Gasteiger charge is 2.49. The Morgan fingerprint density at radius 1 is 1.47 bits per heavy atom. The van der Waals surface area contributed by atoms with Crippen molar-refractivity contribution < 1.29 is 14.7 Å². The fraction of sp³-hybridized carbons (Fsp3) is 0.833. The van der Waals surface area contributed by atoms with Gasteiger partial charge < -0.3 is 15.3 Å². The largest absolute Gasteiger partial charge is 0.479 e. The summed E-state index contributed by atoms with van der Waals surface area (Å²) in [5, 5.41) is 12.6. The first-order chi connectivity index (χ1) is 8.12. The number of nitrogens with one attached hydrogen (secondary N) is 1. The van der Waals surface area contributed by atoms with Crippen molar-refractivity contribution in [2.75, 3.05) is 13.1 Å². The average molecular weight is 240 g/mol. The van der Waals surface area contributed by atoms with E-state index in [1.807, 2.05) is 6.92 Å². The molecule has 0 saturated carbocycles. The van der Waals surface area contributed by atoms with Crippen LogP contribution >= 0.6 is 0 Å². The SMILES string of the molecule is CCC1(C(=O)O)CCCN1C(=O)[C@@H]1CCCN1. The second-order valence-electron chi connectivity index (χ2n) is 4.93. The molecule has 2 atom stereocenters. The van der Waals surface area contributed by atoms with Crippen molar-refractivity contribution in [1.29, 1.82) is 0 Å². The summed E-state index contributed by atoms with van der Waals surface area (Å²) in [6, 6.07) is -0.168. The number of aliphatic carboxylic acids is 1. The minimum atomic E-state index is -0.957. The van der Waals surface area contributed by atoms with Gasteiger partial charge in [-0.25, -0.2) is 4.79 Å². The third-order valence-corrected chi connectivity index (χ3v) is 4.10. The van der Waals surface area contributed by atoms with Gasteiger partial charge >= 0.3 is 5.97 Å². The number of hydrogen-bond donors (Lipinski definition) is 2. The molecular weight excluding hydrogens is 220 g/mol. The van der Waals surface area contributed by atoms with E-state index in [-0.39, 0.29) is 11.9 Å². The topological polar surface area (TPSA) is 69.6 Å². The van der Waals surface area contributed by atoms with Crippen molar-refractivity contribution in [3.05, 3.63) is 0 Å². The van der Waals surface area contributed by atoms with Crippen molar-refractivity contribution >= 4 is 11.9 Å². The number of carboxylic acids is 1. The number of rotatable bonds is 3. The Balaban J connectivity index is 2.18. The highest BCUT2D eigenvalue weighted by molar-refractivity contribution is 5.90. The van der Waals surface area contributed by atoms with Crippen LogP contribution in [-0.2, 0) is 9.59 Å². The molecule has 5 nitrogen and oxygen atoms in total. The van der Waals surface area contributed by atoms with E-state index in [4.69, 9.17) is 0 Å². The van der Waals surface area contributed by atoms with Gasteiger partial charge in [0.05, 0.1) is 6.04 Å². The van der Waals surface area contributed by atoms with Gasteiger partial charge in [0.1, 0.15) is 5.54 Å². The van der Waals surface area contributed by atoms with Crippen LogP contribution in [0.1, 0.15) is 39.0 Å². The maximum Gasteiger partial charge on any atom is 0.329 e. The Bertz CT molecular complexity index is 326. The highest BCUT2D eigenvalue weighted by Crippen LogP contribution is 2.33. The minimum Gasteiger partial charge on any atom is -0.479 e. The van der Waals surface area contributed by atoms with Gasteiger partial charge in [0.25, 0.3) is 0 Å². The maximum atomic E-state index is 12.3. The van der Waals surface area contributed by atoms with E-state index < -0.39 is 11.5 Å². The summed E-state index contributed by atoms with van der Waals surface area (Å²) in [6.07, 6.45) is 3.68. The fourth-order valence-electron chi connectivity index (χ4n) is 3.02. The van der Waals surface area contributed by atoms with E-state index in [0.717, 1.165) is 25.8 Å². The molecular formula is C12H20N2O3. The quantitative estimate of drug-likeness (QED) is 0.757. The molecule has 2 rings (SSSR count). The Morgan fingerprint density at radius 2 is 2.24 bits per heavy atom. The van der Waals surface area contributed by atoms with E-state index in [1.165, 1.54) is 0 Å². The van der Waals surface area contributed by atoms with Gasteiger partial charge in [-0.2, -0.15) is 0 Å². The van der Waals surface area contributed by atoms with Crippen molar-refractivity contribution in [3.63, 3.8) is 0 Å². The van der Waals surface area contributed by atoms with Gasteiger partial charge in [0.15, 0.2) is 0 Å². The molecule has 0 aliphatic carbocycles. The Kier molecular flexibility index (Phi) is 3.38. The van der Waals surface area contributed by atoms with E-state index in [1.54, 1.807) is 4.90 Å². The molecule has 5 heteroatoms. The Morgan fingerprint density at radius 3 is 2.76 bits per heavy atom. The molecule has 2 N–H and O–H groups in total. The number of carbonyl (C=O) groups excluding carboxylic acids is 1. The molecule has 0 aromatic rings. The molecule has 1 amide bonds. The third kappa shape index (κ3) is 1.92. The Labute approximate surface area is 101 Å². The van der Waals surface area contributed by atoms with Gasteiger partial charge in [0.2, 0.25) is 5.91 Å². The zero-order chi connectivity index (χ0) is 12.5. The molecule has 2 aliphatic heterocycles. The molecule has 0 radical (unpaired) electrons. The number of hydrogen-bond acceptors (Lipinski definition) is 3. The highest BCUT2D eigenvalue weighted by atomic mass is 16.4. The monoisotopic (exact) mass is 240 g/mol. The summed E-state index contributed by atoms with van der Waals surface area (Å²) in [5.74, 6) is -0.881. The number of likely N-dealkylation sites (tertiary alicyclic amines) is 1. The van der Waals surface area contributed by atoms with Crippen LogP contribution in [0.4, 0.5) is 0 Å². The van der Waals surface area contributed by atoms with Crippen molar-refractivity contribution in [1.82, 2.24) is 10.2 Å². The molecule has 17 heavy (non-hydrogen) atoms. The minimum absolute atomic E-state index is 0.0238. The van der Waals surface area contributed by atoms with E-state index >= 15 is 0 Å². The standard InChI is InChI=1S/C12H20N2O3/c1-2-12(11(16)17)6-4-8-14(12)10(15)9-5-3-7-13-9/h9,13H,2-8H2,1H3,(H,16,17)/t9-,12?/m0/s1. The molecule has 2 saturated heterocycles. The predicted molar refractivity (Wildman–Crippen MR) is 62.6 cm³/mol. The second-order valence-corrected chi connectivity index (χ2v) is 4.93. The van der Waals surface area contributed by atoms with Crippen LogP contribution in [0.25, 0.3) is 0 Å². The van der Waals surface area contributed by atoms with Crippen LogP contribution in [0.15, 0.2) is 0 Å². The molecule has 1 unspecified atom stereocenters. The van der Waals surface area contributed by atoms with E-state index in [9.17, 15) is 14.7 Å². The fourth-order valence-corrected chi connectivity index (χ4v) is 3.02. The first kappa shape index (κ1) is 12.4. The van der Waals surface area contributed by atoms with Gasteiger partial charge in [-0.3, -0.25) is 4.79 Å². The first-order valence-electron chi connectivity index (χ1n) is 6.40. The Hall–Kier alpha value is -1.10.